The molecule has 1 N–H and O–H groups in total. The molecule has 0 aromatic heterocycles. The molecule has 1 atom stereocenters. The summed E-state index contributed by atoms with van der Waals surface area (Å²) in [7, 11) is 0. The SMILES string of the molecule is CC[C@@H](C(=O)NC(C)C)N(Cc1ccccc1)C(=O)COc1ccccc1C(C)(C)C. The monoisotopic (exact) mass is 424 g/mol. The third-order valence-corrected chi connectivity index (χ3v) is 5.06. The third kappa shape index (κ3) is 7.12. The van der Waals surface area contributed by atoms with E-state index in [9.17, 15) is 9.59 Å². The summed E-state index contributed by atoms with van der Waals surface area (Å²) in [6.45, 7) is 12.3. The largest absolute Gasteiger partial charge is 0.483 e. The van der Waals surface area contributed by atoms with Crippen LogP contribution in [0.5, 0.6) is 5.75 Å². The molecule has 2 amide bonds. The first-order valence-corrected chi connectivity index (χ1v) is 11.0. The van der Waals surface area contributed by atoms with Gasteiger partial charge in [-0.1, -0.05) is 76.2 Å². The Kier molecular flexibility index (Phi) is 8.66. The lowest BCUT2D eigenvalue weighted by atomic mass is 9.86. The van der Waals surface area contributed by atoms with Gasteiger partial charge < -0.3 is 15.0 Å². The molecule has 31 heavy (non-hydrogen) atoms. The Morgan fingerprint density at radius 1 is 1.00 bits per heavy atom. The molecular weight excluding hydrogens is 388 g/mol. The zero-order valence-electron chi connectivity index (χ0n) is 19.6. The zero-order chi connectivity index (χ0) is 23.0. The Hall–Kier alpha value is -2.82. The minimum Gasteiger partial charge on any atom is -0.483 e. The quantitative estimate of drug-likeness (QED) is 0.635. The number of para-hydroxylation sites is 1. The molecule has 0 heterocycles. The van der Waals surface area contributed by atoms with E-state index in [4.69, 9.17) is 4.74 Å². The van der Waals surface area contributed by atoms with Gasteiger partial charge in [0.2, 0.25) is 5.91 Å². The van der Waals surface area contributed by atoms with Crippen molar-refractivity contribution in [3.05, 3.63) is 65.7 Å². The summed E-state index contributed by atoms with van der Waals surface area (Å²) in [5.41, 5.74) is 1.91. The first kappa shape index (κ1) is 24.4. The van der Waals surface area contributed by atoms with Gasteiger partial charge in [-0.25, -0.2) is 0 Å². The maximum Gasteiger partial charge on any atom is 0.261 e. The predicted octanol–water partition coefficient (Wildman–Crippen LogP) is 4.69. The molecule has 0 unspecified atom stereocenters. The number of hydrogen-bond acceptors (Lipinski definition) is 3. The normalized spacial score (nSPS) is 12.4. The van der Waals surface area contributed by atoms with Gasteiger partial charge >= 0.3 is 0 Å². The van der Waals surface area contributed by atoms with E-state index >= 15 is 0 Å². The van der Waals surface area contributed by atoms with Gasteiger partial charge in [-0.05, 0) is 42.9 Å². The van der Waals surface area contributed by atoms with Gasteiger partial charge in [-0.2, -0.15) is 0 Å². The summed E-state index contributed by atoms with van der Waals surface area (Å²) in [6.07, 6.45) is 0.524. The van der Waals surface area contributed by atoms with Crippen molar-refractivity contribution in [2.24, 2.45) is 0 Å². The van der Waals surface area contributed by atoms with Crippen LogP contribution in [-0.2, 0) is 21.5 Å². The third-order valence-electron chi connectivity index (χ3n) is 5.06. The average Bonchev–Trinajstić information content (AvgIpc) is 2.71. The highest BCUT2D eigenvalue weighted by Crippen LogP contribution is 2.31. The Morgan fingerprint density at radius 3 is 2.19 bits per heavy atom. The summed E-state index contributed by atoms with van der Waals surface area (Å²) in [4.78, 5) is 27.8. The van der Waals surface area contributed by atoms with Crippen LogP contribution in [0.4, 0.5) is 0 Å². The Balaban J connectivity index is 2.25. The van der Waals surface area contributed by atoms with E-state index in [0.29, 0.717) is 18.7 Å². The second-order valence-corrected chi connectivity index (χ2v) is 9.13. The Labute approximate surface area is 186 Å². The van der Waals surface area contributed by atoms with E-state index in [0.717, 1.165) is 11.1 Å². The van der Waals surface area contributed by atoms with Crippen molar-refractivity contribution in [3.63, 3.8) is 0 Å². The van der Waals surface area contributed by atoms with E-state index in [-0.39, 0.29) is 29.9 Å². The number of ether oxygens (including phenoxy) is 1. The molecule has 0 saturated carbocycles. The van der Waals surface area contributed by atoms with Crippen molar-refractivity contribution in [3.8, 4) is 5.75 Å². The van der Waals surface area contributed by atoms with Crippen molar-refractivity contribution < 1.29 is 14.3 Å². The molecule has 168 valence electrons. The number of amides is 2. The summed E-state index contributed by atoms with van der Waals surface area (Å²) in [5.74, 6) is 0.345. The summed E-state index contributed by atoms with van der Waals surface area (Å²) in [6, 6.07) is 17.0. The summed E-state index contributed by atoms with van der Waals surface area (Å²) >= 11 is 0. The number of carbonyl (C=O) groups excluding carboxylic acids is 2. The van der Waals surface area contributed by atoms with Crippen LogP contribution < -0.4 is 10.1 Å². The molecule has 0 fully saturated rings. The lowest BCUT2D eigenvalue weighted by molar-refractivity contribution is -0.143. The van der Waals surface area contributed by atoms with Gasteiger partial charge in [-0.3, -0.25) is 9.59 Å². The summed E-state index contributed by atoms with van der Waals surface area (Å²) < 4.78 is 5.98. The Bertz CT molecular complexity index is 856. The Morgan fingerprint density at radius 2 is 1.61 bits per heavy atom. The zero-order valence-corrected chi connectivity index (χ0v) is 19.6. The van der Waals surface area contributed by atoms with Crippen molar-refractivity contribution in [1.29, 1.82) is 0 Å². The van der Waals surface area contributed by atoms with E-state index < -0.39 is 6.04 Å². The van der Waals surface area contributed by atoms with E-state index in [1.165, 1.54) is 0 Å². The number of rotatable bonds is 9. The second-order valence-electron chi connectivity index (χ2n) is 9.13. The molecule has 0 saturated heterocycles. The lowest BCUT2D eigenvalue weighted by Crippen LogP contribution is -2.51. The van der Waals surface area contributed by atoms with Gasteiger partial charge in [0.1, 0.15) is 11.8 Å². The molecule has 5 heteroatoms. The van der Waals surface area contributed by atoms with Gasteiger partial charge in [0.05, 0.1) is 0 Å². The van der Waals surface area contributed by atoms with Crippen LogP contribution in [0.3, 0.4) is 0 Å². The summed E-state index contributed by atoms with van der Waals surface area (Å²) in [5, 5.41) is 2.94. The fourth-order valence-electron chi connectivity index (χ4n) is 3.51. The number of nitrogens with one attached hydrogen (secondary N) is 1. The number of nitrogens with zero attached hydrogens (tertiary/aromatic N) is 1. The molecule has 0 aliphatic rings. The number of hydrogen-bond donors (Lipinski definition) is 1. The van der Waals surface area contributed by atoms with Crippen molar-refractivity contribution in [2.75, 3.05) is 6.61 Å². The van der Waals surface area contributed by atoms with Crippen LogP contribution in [-0.4, -0.2) is 35.4 Å². The molecule has 0 bridgehead atoms. The fourth-order valence-corrected chi connectivity index (χ4v) is 3.51. The van der Waals surface area contributed by atoms with E-state index in [1.54, 1.807) is 4.90 Å². The van der Waals surface area contributed by atoms with Crippen LogP contribution in [0.2, 0.25) is 0 Å². The molecule has 5 nitrogen and oxygen atoms in total. The maximum atomic E-state index is 13.3. The molecule has 0 spiro atoms. The molecular formula is C26H36N2O3. The highest BCUT2D eigenvalue weighted by Gasteiger charge is 2.29. The molecule has 0 radical (unpaired) electrons. The molecule has 0 aliphatic carbocycles. The van der Waals surface area contributed by atoms with Crippen molar-refractivity contribution >= 4 is 11.8 Å². The fraction of sp³-hybridized carbons (Fsp3) is 0.462. The van der Waals surface area contributed by atoms with E-state index in [2.05, 4.69) is 26.1 Å². The van der Waals surface area contributed by atoms with Gasteiger partial charge in [-0.15, -0.1) is 0 Å². The van der Waals surface area contributed by atoms with Crippen LogP contribution in [0.1, 0.15) is 59.1 Å². The van der Waals surface area contributed by atoms with Crippen molar-refractivity contribution in [2.45, 2.75) is 72.0 Å². The van der Waals surface area contributed by atoms with Crippen molar-refractivity contribution in [1.82, 2.24) is 10.2 Å². The number of carbonyl (C=O) groups is 2. The molecule has 2 aromatic rings. The van der Waals surface area contributed by atoms with Crippen LogP contribution >= 0.6 is 0 Å². The maximum absolute atomic E-state index is 13.3. The van der Waals surface area contributed by atoms with Crippen LogP contribution in [0.25, 0.3) is 0 Å². The first-order valence-electron chi connectivity index (χ1n) is 11.0. The first-order chi connectivity index (χ1) is 14.6. The van der Waals surface area contributed by atoms with Gasteiger partial charge in [0, 0.05) is 12.6 Å². The van der Waals surface area contributed by atoms with Gasteiger partial charge in [0.15, 0.2) is 6.61 Å². The lowest BCUT2D eigenvalue weighted by Gasteiger charge is -2.31. The predicted molar refractivity (Wildman–Crippen MR) is 125 cm³/mol. The standard InChI is InChI=1S/C26H36N2O3/c1-7-22(25(30)27-19(2)3)28(17-20-13-9-8-10-14-20)24(29)18-31-23-16-12-11-15-21(23)26(4,5)6/h8-16,19,22H,7,17-18H2,1-6H3,(H,27,30)/t22-/m0/s1. The average molecular weight is 425 g/mol. The van der Waals surface area contributed by atoms with Crippen LogP contribution in [0.15, 0.2) is 54.6 Å². The minimum atomic E-state index is -0.559. The van der Waals surface area contributed by atoms with Gasteiger partial charge in [0.25, 0.3) is 5.91 Å². The second kappa shape index (κ2) is 11.0. The topological polar surface area (TPSA) is 58.6 Å². The van der Waals surface area contributed by atoms with E-state index in [1.807, 2.05) is 75.4 Å². The minimum absolute atomic E-state index is 0.00476. The smallest absolute Gasteiger partial charge is 0.261 e. The highest BCUT2D eigenvalue weighted by molar-refractivity contribution is 5.88. The molecule has 2 rings (SSSR count). The number of benzene rings is 2. The highest BCUT2D eigenvalue weighted by atomic mass is 16.5. The molecule has 2 aromatic carbocycles. The van der Waals surface area contributed by atoms with Crippen LogP contribution in [0, 0.1) is 0 Å². The molecule has 0 aliphatic heterocycles.